The molecule has 2 rings (SSSR count). The SMILES string of the molecule is CC1CCCC1CNCCc1ccnn1C. The van der Waals surface area contributed by atoms with Crippen LogP contribution in [0.4, 0.5) is 0 Å². The van der Waals surface area contributed by atoms with E-state index in [1.165, 1.54) is 31.5 Å². The molecule has 3 heteroatoms. The smallest absolute Gasteiger partial charge is 0.0492 e. The highest BCUT2D eigenvalue weighted by Gasteiger charge is 2.22. The predicted octanol–water partition coefficient (Wildman–Crippen LogP) is 1.99. The lowest BCUT2D eigenvalue weighted by Crippen LogP contribution is -2.26. The molecule has 0 bridgehead atoms. The van der Waals surface area contributed by atoms with Crippen LogP contribution in [0.2, 0.25) is 0 Å². The van der Waals surface area contributed by atoms with Gasteiger partial charge in [0.05, 0.1) is 0 Å². The van der Waals surface area contributed by atoms with Gasteiger partial charge < -0.3 is 5.32 Å². The van der Waals surface area contributed by atoms with E-state index in [4.69, 9.17) is 0 Å². The first-order valence-electron chi connectivity index (χ1n) is 6.45. The van der Waals surface area contributed by atoms with E-state index in [2.05, 4.69) is 23.4 Å². The maximum atomic E-state index is 4.17. The summed E-state index contributed by atoms with van der Waals surface area (Å²) in [4.78, 5) is 0. The molecule has 1 aromatic heterocycles. The van der Waals surface area contributed by atoms with E-state index in [-0.39, 0.29) is 0 Å². The molecule has 0 aliphatic heterocycles. The van der Waals surface area contributed by atoms with E-state index in [9.17, 15) is 0 Å². The molecular formula is C13H23N3. The lowest BCUT2D eigenvalue weighted by molar-refractivity contribution is 0.393. The Morgan fingerprint density at radius 3 is 3.00 bits per heavy atom. The molecule has 1 heterocycles. The standard InChI is InChI=1S/C13H23N3/c1-11-4-3-5-12(11)10-14-8-6-13-7-9-15-16(13)2/h7,9,11-12,14H,3-6,8,10H2,1-2H3. The normalized spacial score (nSPS) is 25.1. The second-order valence-corrected chi connectivity index (χ2v) is 5.07. The summed E-state index contributed by atoms with van der Waals surface area (Å²) in [5.41, 5.74) is 1.31. The van der Waals surface area contributed by atoms with Crippen molar-refractivity contribution in [1.29, 1.82) is 0 Å². The molecule has 90 valence electrons. The lowest BCUT2D eigenvalue weighted by Gasteiger charge is -2.15. The Morgan fingerprint density at radius 1 is 1.50 bits per heavy atom. The minimum absolute atomic E-state index is 0.909. The fourth-order valence-corrected chi connectivity index (χ4v) is 2.68. The van der Waals surface area contributed by atoms with Gasteiger partial charge in [-0.15, -0.1) is 0 Å². The van der Waals surface area contributed by atoms with Crippen molar-refractivity contribution < 1.29 is 0 Å². The summed E-state index contributed by atoms with van der Waals surface area (Å²) in [5.74, 6) is 1.83. The predicted molar refractivity (Wildman–Crippen MR) is 66.3 cm³/mol. The summed E-state index contributed by atoms with van der Waals surface area (Å²) in [5, 5.41) is 7.76. The maximum absolute atomic E-state index is 4.17. The zero-order valence-electron chi connectivity index (χ0n) is 10.4. The Hall–Kier alpha value is -0.830. The van der Waals surface area contributed by atoms with Crippen LogP contribution in [0.3, 0.4) is 0 Å². The van der Waals surface area contributed by atoms with Gasteiger partial charge in [0, 0.05) is 31.9 Å². The fourth-order valence-electron chi connectivity index (χ4n) is 2.68. The van der Waals surface area contributed by atoms with E-state index in [1.807, 2.05) is 17.9 Å². The molecule has 1 aromatic rings. The van der Waals surface area contributed by atoms with Gasteiger partial charge in [-0.3, -0.25) is 4.68 Å². The van der Waals surface area contributed by atoms with Gasteiger partial charge in [0.2, 0.25) is 0 Å². The van der Waals surface area contributed by atoms with Gasteiger partial charge >= 0.3 is 0 Å². The van der Waals surface area contributed by atoms with Crippen LogP contribution in [0, 0.1) is 11.8 Å². The molecule has 1 saturated carbocycles. The average Bonchev–Trinajstić information content (AvgIpc) is 2.84. The van der Waals surface area contributed by atoms with Gasteiger partial charge in [0.25, 0.3) is 0 Å². The highest BCUT2D eigenvalue weighted by Crippen LogP contribution is 2.30. The molecule has 0 saturated heterocycles. The van der Waals surface area contributed by atoms with Gasteiger partial charge in [-0.2, -0.15) is 5.10 Å². The van der Waals surface area contributed by atoms with Crippen molar-refractivity contribution in [3.8, 4) is 0 Å². The number of rotatable bonds is 5. The van der Waals surface area contributed by atoms with Crippen LogP contribution < -0.4 is 5.32 Å². The topological polar surface area (TPSA) is 29.9 Å². The Bertz CT molecular complexity index is 319. The molecule has 1 aliphatic carbocycles. The first-order chi connectivity index (χ1) is 7.77. The molecular weight excluding hydrogens is 198 g/mol. The first kappa shape index (κ1) is 11.6. The van der Waals surface area contributed by atoms with Crippen molar-refractivity contribution in [3.63, 3.8) is 0 Å². The highest BCUT2D eigenvalue weighted by atomic mass is 15.3. The Balaban J connectivity index is 1.63. The monoisotopic (exact) mass is 221 g/mol. The fraction of sp³-hybridized carbons (Fsp3) is 0.769. The van der Waals surface area contributed by atoms with Crippen molar-refractivity contribution >= 4 is 0 Å². The maximum Gasteiger partial charge on any atom is 0.0492 e. The third-order valence-electron chi connectivity index (χ3n) is 3.93. The third-order valence-corrected chi connectivity index (χ3v) is 3.93. The number of hydrogen-bond donors (Lipinski definition) is 1. The van der Waals surface area contributed by atoms with Crippen LogP contribution in [0.25, 0.3) is 0 Å². The summed E-state index contributed by atoms with van der Waals surface area (Å²) in [7, 11) is 2.01. The number of aryl methyl sites for hydroxylation is 1. The second-order valence-electron chi connectivity index (χ2n) is 5.07. The quantitative estimate of drug-likeness (QED) is 0.771. The summed E-state index contributed by atoms with van der Waals surface area (Å²) in [6.07, 6.45) is 7.22. The molecule has 1 aliphatic rings. The first-order valence-corrected chi connectivity index (χ1v) is 6.45. The molecule has 0 radical (unpaired) electrons. The summed E-state index contributed by atoms with van der Waals surface area (Å²) < 4.78 is 1.96. The minimum Gasteiger partial charge on any atom is -0.316 e. The molecule has 1 N–H and O–H groups in total. The summed E-state index contributed by atoms with van der Waals surface area (Å²) in [6, 6.07) is 2.10. The van der Waals surface area contributed by atoms with Crippen LogP contribution in [0.15, 0.2) is 12.3 Å². The molecule has 2 unspecified atom stereocenters. The van der Waals surface area contributed by atoms with Crippen LogP contribution in [-0.4, -0.2) is 22.9 Å². The van der Waals surface area contributed by atoms with Gasteiger partial charge in [0.15, 0.2) is 0 Å². The van der Waals surface area contributed by atoms with Crippen LogP contribution >= 0.6 is 0 Å². The zero-order valence-corrected chi connectivity index (χ0v) is 10.4. The Labute approximate surface area is 98.2 Å². The van der Waals surface area contributed by atoms with Crippen molar-refractivity contribution in [2.75, 3.05) is 13.1 Å². The van der Waals surface area contributed by atoms with Gasteiger partial charge in [-0.1, -0.05) is 19.8 Å². The van der Waals surface area contributed by atoms with E-state index in [0.29, 0.717) is 0 Å². The number of aromatic nitrogens is 2. The molecule has 0 spiro atoms. The van der Waals surface area contributed by atoms with Crippen LogP contribution in [-0.2, 0) is 13.5 Å². The number of nitrogens with zero attached hydrogens (tertiary/aromatic N) is 2. The van der Waals surface area contributed by atoms with Crippen LogP contribution in [0.1, 0.15) is 31.9 Å². The summed E-state index contributed by atoms with van der Waals surface area (Å²) >= 11 is 0. The van der Waals surface area contributed by atoms with Crippen molar-refractivity contribution in [2.45, 2.75) is 32.6 Å². The van der Waals surface area contributed by atoms with Crippen molar-refractivity contribution in [1.82, 2.24) is 15.1 Å². The lowest BCUT2D eigenvalue weighted by atomic mass is 9.98. The minimum atomic E-state index is 0.909. The van der Waals surface area contributed by atoms with Crippen molar-refractivity contribution in [3.05, 3.63) is 18.0 Å². The molecule has 0 aromatic carbocycles. The molecule has 2 atom stereocenters. The zero-order chi connectivity index (χ0) is 11.4. The molecule has 3 nitrogen and oxygen atoms in total. The second kappa shape index (κ2) is 5.48. The molecule has 16 heavy (non-hydrogen) atoms. The van der Waals surface area contributed by atoms with Crippen LogP contribution in [0.5, 0.6) is 0 Å². The summed E-state index contributed by atoms with van der Waals surface area (Å²) in [6.45, 7) is 4.65. The van der Waals surface area contributed by atoms with E-state index in [0.717, 1.165) is 24.8 Å². The van der Waals surface area contributed by atoms with Gasteiger partial charge in [-0.25, -0.2) is 0 Å². The molecule has 0 amide bonds. The van der Waals surface area contributed by atoms with Gasteiger partial charge in [-0.05, 0) is 30.9 Å². The Morgan fingerprint density at radius 2 is 2.38 bits per heavy atom. The third kappa shape index (κ3) is 2.85. The van der Waals surface area contributed by atoms with E-state index in [1.54, 1.807) is 0 Å². The Kier molecular flexibility index (Phi) is 3.99. The van der Waals surface area contributed by atoms with E-state index >= 15 is 0 Å². The number of nitrogens with one attached hydrogen (secondary N) is 1. The average molecular weight is 221 g/mol. The highest BCUT2D eigenvalue weighted by molar-refractivity contribution is 5.00. The van der Waals surface area contributed by atoms with E-state index < -0.39 is 0 Å². The van der Waals surface area contributed by atoms with Gasteiger partial charge in [0.1, 0.15) is 0 Å². The van der Waals surface area contributed by atoms with Crippen molar-refractivity contribution in [2.24, 2.45) is 18.9 Å². The molecule has 1 fully saturated rings. The largest absolute Gasteiger partial charge is 0.316 e. The number of hydrogen-bond acceptors (Lipinski definition) is 2.